The molecule has 1 saturated carbocycles. The van der Waals surface area contributed by atoms with Gasteiger partial charge in [0, 0.05) is 19.1 Å². The summed E-state index contributed by atoms with van der Waals surface area (Å²) in [5.74, 6) is 1.54. The van der Waals surface area contributed by atoms with E-state index in [4.69, 9.17) is 15.6 Å². The van der Waals surface area contributed by atoms with E-state index in [1.165, 1.54) is 32.1 Å². The van der Waals surface area contributed by atoms with Crippen LogP contribution in [0.2, 0.25) is 0 Å². The Morgan fingerprint density at radius 3 is 2.67 bits per heavy atom. The van der Waals surface area contributed by atoms with E-state index >= 15 is 0 Å². The van der Waals surface area contributed by atoms with Crippen LogP contribution in [0.25, 0.3) is 4.96 Å². The summed E-state index contributed by atoms with van der Waals surface area (Å²) in [5, 5.41) is 14.5. The van der Waals surface area contributed by atoms with Gasteiger partial charge in [-0.1, -0.05) is 30.6 Å². The van der Waals surface area contributed by atoms with Crippen LogP contribution in [0, 0.1) is 0 Å². The fourth-order valence-corrected chi connectivity index (χ4v) is 4.40. The molecule has 21 heavy (non-hydrogen) atoms. The van der Waals surface area contributed by atoms with Gasteiger partial charge in [0.1, 0.15) is 5.01 Å². The first kappa shape index (κ1) is 13.6. The Labute approximate surface area is 127 Å². The molecule has 0 amide bonds. The Kier molecular flexibility index (Phi) is 3.43. The highest BCUT2D eigenvalue weighted by molar-refractivity contribution is 7.16. The lowest BCUT2D eigenvalue weighted by Gasteiger charge is -2.30. The Hall–Kier alpha value is -1.05. The van der Waals surface area contributed by atoms with Crippen molar-refractivity contribution in [3.8, 4) is 0 Å². The van der Waals surface area contributed by atoms with Crippen molar-refractivity contribution in [2.75, 3.05) is 13.2 Å². The first-order chi connectivity index (χ1) is 10.3. The second kappa shape index (κ2) is 5.30. The highest BCUT2D eigenvalue weighted by atomic mass is 32.1. The third kappa shape index (κ3) is 2.37. The first-order valence-corrected chi connectivity index (χ1v) is 8.67. The molecule has 1 aliphatic heterocycles. The third-order valence-corrected chi connectivity index (χ3v) is 5.91. The molecule has 1 saturated heterocycles. The van der Waals surface area contributed by atoms with E-state index in [9.17, 15) is 0 Å². The lowest BCUT2D eigenvalue weighted by Crippen LogP contribution is -2.42. The van der Waals surface area contributed by atoms with E-state index < -0.39 is 0 Å². The van der Waals surface area contributed by atoms with Gasteiger partial charge in [0.15, 0.2) is 5.82 Å². The Morgan fingerprint density at radius 2 is 1.90 bits per heavy atom. The fraction of sp³-hybridized carbons (Fsp3) is 0.786. The molecule has 0 unspecified atom stereocenters. The van der Waals surface area contributed by atoms with E-state index in [1.54, 1.807) is 11.3 Å². The molecule has 1 aliphatic carbocycles. The van der Waals surface area contributed by atoms with Crippen molar-refractivity contribution < 1.29 is 4.74 Å². The van der Waals surface area contributed by atoms with Crippen LogP contribution in [0.3, 0.4) is 0 Å². The molecule has 4 rings (SSSR count). The van der Waals surface area contributed by atoms with Crippen LogP contribution in [-0.4, -0.2) is 33.0 Å². The molecule has 0 bridgehead atoms. The molecule has 0 radical (unpaired) electrons. The van der Waals surface area contributed by atoms with Gasteiger partial charge < -0.3 is 10.5 Å². The van der Waals surface area contributed by atoms with Crippen LogP contribution in [0.5, 0.6) is 0 Å². The summed E-state index contributed by atoms with van der Waals surface area (Å²) in [6.45, 7) is 1.43. The molecule has 0 atom stereocenters. The summed E-state index contributed by atoms with van der Waals surface area (Å²) in [6, 6.07) is 0. The van der Waals surface area contributed by atoms with Crippen LogP contribution in [0.15, 0.2) is 0 Å². The van der Waals surface area contributed by atoms with Crippen LogP contribution < -0.4 is 5.73 Å². The topological polar surface area (TPSA) is 78.3 Å². The minimum atomic E-state index is -0.354. The molecular formula is C14H21N5OS. The van der Waals surface area contributed by atoms with Gasteiger partial charge in [-0.2, -0.15) is 9.61 Å². The second-order valence-corrected chi connectivity index (χ2v) is 7.22. The number of rotatable bonds is 2. The quantitative estimate of drug-likeness (QED) is 0.920. The molecule has 0 aromatic carbocycles. The molecule has 2 aromatic heterocycles. The normalized spacial score (nSPS) is 23.7. The molecule has 7 heteroatoms. The summed E-state index contributed by atoms with van der Waals surface area (Å²) in [5.41, 5.74) is 6.18. The molecule has 114 valence electrons. The number of nitrogens with zero attached hydrogens (tertiary/aromatic N) is 4. The summed E-state index contributed by atoms with van der Waals surface area (Å²) in [7, 11) is 0. The minimum absolute atomic E-state index is 0.354. The fourth-order valence-electron chi connectivity index (χ4n) is 3.40. The number of hydrogen-bond donors (Lipinski definition) is 1. The average molecular weight is 307 g/mol. The van der Waals surface area contributed by atoms with Gasteiger partial charge in [0.05, 0.1) is 5.54 Å². The highest BCUT2D eigenvalue weighted by Gasteiger charge is 2.35. The molecule has 2 fully saturated rings. The lowest BCUT2D eigenvalue weighted by atomic mass is 9.89. The van der Waals surface area contributed by atoms with Gasteiger partial charge in [0.2, 0.25) is 4.96 Å². The average Bonchev–Trinajstić information content (AvgIpc) is 3.09. The number of ether oxygens (including phenoxy) is 1. The van der Waals surface area contributed by atoms with Crippen molar-refractivity contribution in [1.29, 1.82) is 0 Å². The Morgan fingerprint density at radius 1 is 1.14 bits per heavy atom. The lowest BCUT2D eigenvalue weighted by molar-refractivity contribution is 0.0518. The predicted molar refractivity (Wildman–Crippen MR) is 80.4 cm³/mol. The van der Waals surface area contributed by atoms with Crippen LogP contribution in [0.1, 0.15) is 61.7 Å². The summed E-state index contributed by atoms with van der Waals surface area (Å²) in [6.07, 6.45) is 7.98. The maximum absolute atomic E-state index is 6.54. The van der Waals surface area contributed by atoms with Gasteiger partial charge >= 0.3 is 0 Å². The van der Waals surface area contributed by atoms with E-state index in [2.05, 4.69) is 10.2 Å². The van der Waals surface area contributed by atoms with Gasteiger partial charge in [-0.15, -0.1) is 10.2 Å². The monoisotopic (exact) mass is 307 g/mol. The number of hydrogen-bond acceptors (Lipinski definition) is 6. The van der Waals surface area contributed by atoms with Crippen molar-refractivity contribution in [3.05, 3.63) is 10.8 Å². The van der Waals surface area contributed by atoms with Gasteiger partial charge in [-0.3, -0.25) is 0 Å². The minimum Gasteiger partial charge on any atom is -0.381 e. The summed E-state index contributed by atoms with van der Waals surface area (Å²) < 4.78 is 7.37. The van der Waals surface area contributed by atoms with E-state index in [1.807, 2.05) is 4.52 Å². The largest absolute Gasteiger partial charge is 0.381 e. The zero-order valence-corrected chi connectivity index (χ0v) is 12.9. The van der Waals surface area contributed by atoms with E-state index in [0.717, 1.165) is 28.6 Å². The second-order valence-electron chi connectivity index (χ2n) is 6.26. The number of nitrogens with two attached hydrogens (primary N) is 1. The molecule has 6 nitrogen and oxygen atoms in total. The molecule has 2 N–H and O–H groups in total. The van der Waals surface area contributed by atoms with Crippen LogP contribution in [0.4, 0.5) is 0 Å². The van der Waals surface area contributed by atoms with Crippen molar-refractivity contribution in [2.24, 2.45) is 5.73 Å². The number of aromatic nitrogens is 4. The van der Waals surface area contributed by atoms with Crippen molar-refractivity contribution in [3.63, 3.8) is 0 Å². The molecule has 0 spiro atoms. The standard InChI is InChI=1S/C14H21N5OS/c15-14(6-8-20-9-7-14)12-18-19-11(16-17-13(19)21-12)10-4-2-1-3-5-10/h10H,1-9,15H2. The van der Waals surface area contributed by atoms with Crippen molar-refractivity contribution in [1.82, 2.24) is 19.8 Å². The highest BCUT2D eigenvalue weighted by Crippen LogP contribution is 2.35. The molecule has 2 aromatic rings. The first-order valence-electron chi connectivity index (χ1n) is 7.85. The van der Waals surface area contributed by atoms with Crippen molar-refractivity contribution in [2.45, 2.75) is 56.4 Å². The molecule has 3 heterocycles. The van der Waals surface area contributed by atoms with Gasteiger partial charge in [-0.05, 0) is 25.7 Å². The van der Waals surface area contributed by atoms with Crippen LogP contribution in [-0.2, 0) is 10.3 Å². The van der Waals surface area contributed by atoms with E-state index in [0.29, 0.717) is 19.1 Å². The van der Waals surface area contributed by atoms with Crippen molar-refractivity contribution >= 4 is 16.3 Å². The summed E-state index contributed by atoms with van der Waals surface area (Å²) in [4.78, 5) is 0.877. The van der Waals surface area contributed by atoms with E-state index in [-0.39, 0.29) is 5.54 Å². The zero-order valence-electron chi connectivity index (χ0n) is 12.1. The Balaban J connectivity index is 1.68. The Bertz CT molecular complexity index is 624. The summed E-state index contributed by atoms with van der Waals surface area (Å²) >= 11 is 1.59. The van der Waals surface area contributed by atoms with Gasteiger partial charge in [-0.25, -0.2) is 0 Å². The number of fused-ring (bicyclic) bond motifs is 1. The molecule has 2 aliphatic rings. The molecular weight excluding hydrogens is 286 g/mol. The zero-order chi connectivity index (χ0) is 14.3. The third-order valence-electron chi connectivity index (χ3n) is 4.80. The van der Waals surface area contributed by atoms with Gasteiger partial charge in [0.25, 0.3) is 0 Å². The maximum Gasteiger partial charge on any atom is 0.234 e. The SMILES string of the molecule is NC1(c2nn3c(C4CCCCC4)nnc3s2)CCOCC1. The maximum atomic E-state index is 6.54. The van der Waals surface area contributed by atoms with Crippen LogP contribution >= 0.6 is 11.3 Å². The predicted octanol–water partition coefficient (Wildman–Crippen LogP) is 2.20. The smallest absolute Gasteiger partial charge is 0.234 e.